The van der Waals surface area contributed by atoms with Gasteiger partial charge >= 0.3 is 0 Å². The molecule has 1 aromatic carbocycles. The van der Waals surface area contributed by atoms with Gasteiger partial charge in [-0.05, 0) is 37.1 Å². The standard InChI is InChI=1S/C20H32FN5/c1-3-25-11-13-26(14-12-25)10-9-23-19(22-2)24-16-20(7-8-20)17-5-4-6-18(21)15-17/h4-6,15H,3,7-14,16H2,1-2H3,(H2,22,23,24). The molecule has 0 amide bonds. The van der Waals surface area contributed by atoms with Crippen molar-refractivity contribution in [2.75, 3.05) is 59.4 Å². The molecule has 2 N–H and O–H groups in total. The second kappa shape index (κ2) is 8.82. The van der Waals surface area contributed by atoms with E-state index in [4.69, 9.17) is 0 Å². The van der Waals surface area contributed by atoms with Crippen molar-refractivity contribution in [3.63, 3.8) is 0 Å². The van der Waals surface area contributed by atoms with Gasteiger partial charge in [-0.2, -0.15) is 0 Å². The molecule has 26 heavy (non-hydrogen) atoms. The van der Waals surface area contributed by atoms with Crippen molar-refractivity contribution in [3.05, 3.63) is 35.6 Å². The zero-order valence-electron chi connectivity index (χ0n) is 16.1. The topological polar surface area (TPSA) is 42.9 Å². The van der Waals surface area contributed by atoms with Crippen LogP contribution in [0, 0.1) is 5.82 Å². The van der Waals surface area contributed by atoms with Crippen LogP contribution in [0.15, 0.2) is 29.3 Å². The Morgan fingerprint density at radius 3 is 2.50 bits per heavy atom. The van der Waals surface area contributed by atoms with Crippen LogP contribution < -0.4 is 10.6 Å². The van der Waals surface area contributed by atoms with Gasteiger partial charge in [0.05, 0.1) is 0 Å². The molecule has 1 aromatic rings. The van der Waals surface area contributed by atoms with Gasteiger partial charge in [0.25, 0.3) is 0 Å². The van der Waals surface area contributed by atoms with Crippen molar-refractivity contribution < 1.29 is 4.39 Å². The van der Waals surface area contributed by atoms with Crippen LogP contribution in [0.5, 0.6) is 0 Å². The summed E-state index contributed by atoms with van der Waals surface area (Å²) in [4.78, 5) is 9.33. The maximum absolute atomic E-state index is 13.5. The first-order valence-electron chi connectivity index (χ1n) is 9.80. The summed E-state index contributed by atoms with van der Waals surface area (Å²) >= 11 is 0. The lowest BCUT2D eigenvalue weighted by Gasteiger charge is -2.34. The molecule has 0 atom stereocenters. The fourth-order valence-electron chi connectivity index (χ4n) is 3.67. The highest BCUT2D eigenvalue weighted by Crippen LogP contribution is 2.47. The number of nitrogens with zero attached hydrogens (tertiary/aromatic N) is 3. The van der Waals surface area contributed by atoms with Gasteiger partial charge in [-0.3, -0.25) is 9.89 Å². The number of halogens is 1. The Hall–Kier alpha value is -1.66. The predicted molar refractivity (Wildman–Crippen MR) is 105 cm³/mol. The summed E-state index contributed by atoms with van der Waals surface area (Å²) in [5.74, 6) is 0.680. The largest absolute Gasteiger partial charge is 0.356 e. The van der Waals surface area contributed by atoms with Crippen molar-refractivity contribution in [1.29, 1.82) is 0 Å². The summed E-state index contributed by atoms with van der Waals surface area (Å²) < 4.78 is 13.5. The molecule has 1 aliphatic heterocycles. The van der Waals surface area contributed by atoms with Crippen molar-refractivity contribution in [2.24, 2.45) is 4.99 Å². The van der Waals surface area contributed by atoms with Crippen LogP contribution in [0.4, 0.5) is 4.39 Å². The van der Waals surface area contributed by atoms with Crippen LogP contribution in [-0.2, 0) is 5.41 Å². The molecule has 1 heterocycles. The second-order valence-corrected chi connectivity index (χ2v) is 7.42. The van der Waals surface area contributed by atoms with E-state index < -0.39 is 0 Å². The number of rotatable bonds is 7. The molecular weight excluding hydrogens is 329 g/mol. The minimum Gasteiger partial charge on any atom is -0.356 e. The number of benzene rings is 1. The highest BCUT2D eigenvalue weighted by molar-refractivity contribution is 5.79. The van der Waals surface area contributed by atoms with E-state index in [-0.39, 0.29) is 11.2 Å². The van der Waals surface area contributed by atoms with Gasteiger partial charge in [-0.1, -0.05) is 19.1 Å². The van der Waals surface area contributed by atoms with Gasteiger partial charge in [0.1, 0.15) is 5.82 Å². The lowest BCUT2D eigenvalue weighted by molar-refractivity contribution is 0.139. The number of guanidine groups is 1. The van der Waals surface area contributed by atoms with Crippen LogP contribution in [-0.4, -0.2) is 75.2 Å². The fourth-order valence-corrected chi connectivity index (χ4v) is 3.67. The maximum Gasteiger partial charge on any atom is 0.191 e. The lowest BCUT2D eigenvalue weighted by atomic mass is 9.96. The summed E-state index contributed by atoms with van der Waals surface area (Å²) in [6, 6.07) is 7.01. The quantitative estimate of drug-likeness (QED) is 0.573. The van der Waals surface area contributed by atoms with E-state index in [1.807, 2.05) is 6.07 Å². The molecule has 1 saturated carbocycles. The second-order valence-electron chi connectivity index (χ2n) is 7.42. The zero-order chi connectivity index (χ0) is 18.4. The number of hydrogen-bond donors (Lipinski definition) is 2. The zero-order valence-corrected chi connectivity index (χ0v) is 16.1. The molecule has 0 radical (unpaired) electrons. The first-order chi connectivity index (χ1) is 12.6. The monoisotopic (exact) mass is 361 g/mol. The fraction of sp³-hybridized carbons (Fsp3) is 0.650. The molecule has 1 aliphatic carbocycles. The van der Waals surface area contributed by atoms with Gasteiger partial charge in [-0.15, -0.1) is 0 Å². The third-order valence-corrected chi connectivity index (χ3v) is 5.74. The number of nitrogens with one attached hydrogen (secondary N) is 2. The molecule has 3 rings (SSSR count). The Labute approximate surface area is 156 Å². The Morgan fingerprint density at radius 2 is 1.88 bits per heavy atom. The first-order valence-corrected chi connectivity index (χ1v) is 9.80. The van der Waals surface area contributed by atoms with E-state index in [0.29, 0.717) is 0 Å². The Bertz CT molecular complexity index is 606. The molecule has 0 unspecified atom stereocenters. The van der Waals surface area contributed by atoms with Crippen LogP contribution in [0.2, 0.25) is 0 Å². The van der Waals surface area contributed by atoms with E-state index in [0.717, 1.165) is 63.6 Å². The molecule has 2 aliphatic rings. The molecular formula is C20H32FN5. The molecule has 0 aromatic heterocycles. The third-order valence-electron chi connectivity index (χ3n) is 5.74. The average molecular weight is 362 g/mol. The van der Waals surface area contributed by atoms with Crippen LogP contribution in [0.3, 0.4) is 0 Å². The van der Waals surface area contributed by atoms with Crippen molar-refractivity contribution in [2.45, 2.75) is 25.2 Å². The summed E-state index contributed by atoms with van der Waals surface area (Å²) in [7, 11) is 1.80. The molecule has 2 fully saturated rings. The highest BCUT2D eigenvalue weighted by atomic mass is 19.1. The van der Waals surface area contributed by atoms with Gasteiger partial charge in [0, 0.05) is 58.3 Å². The third kappa shape index (κ3) is 4.95. The van der Waals surface area contributed by atoms with Gasteiger partial charge in [0.15, 0.2) is 5.96 Å². The smallest absolute Gasteiger partial charge is 0.191 e. The summed E-state index contributed by atoms with van der Waals surface area (Å²) in [6.07, 6.45) is 2.20. The van der Waals surface area contributed by atoms with Gasteiger partial charge in [0.2, 0.25) is 0 Å². The van der Waals surface area contributed by atoms with E-state index in [1.165, 1.54) is 19.2 Å². The number of aliphatic imine (C=N–C) groups is 1. The maximum atomic E-state index is 13.5. The minimum atomic E-state index is -0.153. The van der Waals surface area contributed by atoms with Gasteiger partial charge in [-0.25, -0.2) is 4.39 Å². The molecule has 0 bridgehead atoms. The minimum absolute atomic E-state index is 0.0657. The van der Waals surface area contributed by atoms with Crippen LogP contribution in [0.1, 0.15) is 25.3 Å². The number of hydrogen-bond acceptors (Lipinski definition) is 3. The Balaban J connectivity index is 1.40. The molecule has 0 spiro atoms. The normalized spacial score (nSPS) is 20.8. The van der Waals surface area contributed by atoms with Crippen molar-refractivity contribution in [1.82, 2.24) is 20.4 Å². The molecule has 5 nitrogen and oxygen atoms in total. The first kappa shape index (κ1) is 19.1. The average Bonchev–Trinajstić information content (AvgIpc) is 3.46. The SMILES string of the molecule is CCN1CCN(CCNC(=NC)NCC2(c3cccc(F)c3)CC2)CC1. The molecule has 144 valence electrons. The van der Waals surface area contributed by atoms with Crippen LogP contribution >= 0.6 is 0 Å². The lowest BCUT2D eigenvalue weighted by Crippen LogP contribution is -2.49. The predicted octanol–water partition coefficient (Wildman–Crippen LogP) is 1.66. The number of piperazine rings is 1. The molecule has 1 saturated heterocycles. The summed E-state index contributed by atoms with van der Waals surface area (Å²) in [5, 5.41) is 6.85. The number of likely N-dealkylation sites (N-methyl/N-ethyl adjacent to an activating group) is 1. The van der Waals surface area contributed by atoms with Gasteiger partial charge < -0.3 is 15.5 Å². The Morgan fingerprint density at radius 1 is 1.15 bits per heavy atom. The summed E-state index contributed by atoms with van der Waals surface area (Å²) in [5.41, 5.74) is 1.16. The van der Waals surface area contributed by atoms with E-state index in [9.17, 15) is 4.39 Å². The van der Waals surface area contributed by atoms with E-state index >= 15 is 0 Å². The van der Waals surface area contributed by atoms with Crippen molar-refractivity contribution >= 4 is 5.96 Å². The summed E-state index contributed by atoms with van der Waals surface area (Å²) in [6.45, 7) is 10.7. The Kier molecular flexibility index (Phi) is 6.48. The van der Waals surface area contributed by atoms with Crippen molar-refractivity contribution in [3.8, 4) is 0 Å². The molecule has 6 heteroatoms. The van der Waals surface area contributed by atoms with E-state index in [1.54, 1.807) is 19.2 Å². The van der Waals surface area contributed by atoms with E-state index in [2.05, 4.69) is 32.3 Å². The van der Waals surface area contributed by atoms with Crippen LogP contribution in [0.25, 0.3) is 0 Å². The highest BCUT2D eigenvalue weighted by Gasteiger charge is 2.44.